The molecule has 0 bridgehead atoms. The highest BCUT2D eigenvalue weighted by atomic mass is 79.9. The van der Waals surface area contributed by atoms with E-state index in [1.54, 1.807) is 19.6 Å². The van der Waals surface area contributed by atoms with E-state index in [0.29, 0.717) is 31.5 Å². The summed E-state index contributed by atoms with van der Waals surface area (Å²) < 4.78 is 6.97. The predicted molar refractivity (Wildman–Crippen MR) is 95.8 cm³/mol. The van der Waals surface area contributed by atoms with E-state index in [1.165, 1.54) is 0 Å². The van der Waals surface area contributed by atoms with Gasteiger partial charge in [-0.2, -0.15) is 0 Å². The Balaban J connectivity index is 1.57. The summed E-state index contributed by atoms with van der Waals surface area (Å²) >= 11 is 6.97. The quantitative estimate of drug-likeness (QED) is 0.708. The normalized spacial score (nSPS) is 23.0. The number of hydrogen-bond donors (Lipinski definition) is 2. The van der Waals surface area contributed by atoms with E-state index in [0.717, 1.165) is 20.4 Å². The largest absolute Gasteiger partial charge is 0.495 e. The first-order valence-corrected chi connectivity index (χ1v) is 8.93. The molecule has 2 aliphatic rings. The molecule has 128 valence electrons. The van der Waals surface area contributed by atoms with Gasteiger partial charge in [0.1, 0.15) is 11.5 Å². The molecule has 1 atom stereocenters. The summed E-state index contributed by atoms with van der Waals surface area (Å²) in [6.07, 6.45) is 6.89. The number of halogens is 2. The molecule has 0 fully saturated rings. The van der Waals surface area contributed by atoms with Gasteiger partial charge < -0.3 is 19.9 Å². The zero-order valence-corrected chi connectivity index (χ0v) is 16.1. The van der Waals surface area contributed by atoms with Crippen molar-refractivity contribution in [3.05, 3.63) is 39.0 Å². The van der Waals surface area contributed by atoms with Crippen LogP contribution in [0, 0.1) is 0 Å². The summed E-state index contributed by atoms with van der Waals surface area (Å²) in [5.41, 5.74) is 0.699. The van der Waals surface area contributed by atoms with Gasteiger partial charge in [-0.15, -0.1) is 0 Å². The van der Waals surface area contributed by atoms with Crippen LogP contribution in [0.25, 0.3) is 0 Å². The maximum absolute atomic E-state index is 12.3. The van der Waals surface area contributed by atoms with Crippen LogP contribution in [-0.4, -0.2) is 40.8 Å². The average molecular weight is 460 g/mol. The molecule has 1 aromatic heterocycles. The van der Waals surface area contributed by atoms with E-state index in [1.807, 2.05) is 6.08 Å². The van der Waals surface area contributed by atoms with Crippen molar-refractivity contribution in [3.63, 3.8) is 0 Å². The van der Waals surface area contributed by atoms with Crippen LogP contribution in [0.15, 0.2) is 38.5 Å². The van der Waals surface area contributed by atoms with Crippen LogP contribution in [-0.2, 0) is 20.8 Å². The zero-order chi connectivity index (χ0) is 17.2. The molecule has 1 spiro atoms. The number of oxime groups is 1. The number of amides is 1. The van der Waals surface area contributed by atoms with Crippen molar-refractivity contribution in [2.45, 2.75) is 24.9 Å². The van der Waals surface area contributed by atoms with Gasteiger partial charge in [0.2, 0.25) is 0 Å². The van der Waals surface area contributed by atoms with E-state index >= 15 is 0 Å². The van der Waals surface area contributed by atoms with Crippen LogP contribution in [0.4, 0.5) is 0 Å². The van der Waals surface area contributed by atoms with Gasteiger partial charge in [-0.25, -0.2) is 4.98 Å². The van der Waals surface area contributed by atoms with Gasteiger partial charge in [0.15, 0.2) is 5.60 Å². The summed E-state index contributed by atoms with van der Waals surface area (Å²) in [6.45, 7) is 0.504. The molecule has 24 heavy (non-hydrogen) atoms. The van der Waals surface area contributed by atoms with Gasteiger partial charge in [-0.3, -0.25) is 4.79 Å². The third-order valence-corrected chi connectivity index (χ3v) is 5.04. The highest BCUT2D eigenvalue weighted by Gasteiger charge is 2.43. The number of carbonyl (C=O) groups excluding carboxylic acids is 1. The lowest BCUT2D eigenvalue weighted by atomic mass is 9.89. The van der Waals surface area contributed by atoms with E-state index in [4.69, 9.17) is 9.57 Å². The van der Waals surface area contributed by atoms with Crippen LogP contribution in [0.5, 0.6) is 0 Å². The maximum atomic E-state index is 12.3. The third kappa shape index (κ3) is 3.56. The van der Waals surface area contributed by atoms with Gasteiger partial charge in [0.25, 0.3) is 5.91 Å². The van der Waals surface area contributed by atoms with Crippen molar-refractivity contribution in [2.75, 3.05) is 13.7 Å². The number of hydrogen-bond acceptors (Lipinski definition) is 5. The Kier molecular flexibility index (Phi) is 5.09. The molecule has 7 nitrogen and oxygen atoms in total. The standard InChI is InChI=1S/C15H16Br2N4O3/c1-23-13-10(16)4-15(5-11(13)17)6-12(21-24-15)14(22)19-3-2-9-7-18-8-20-9/h4,7-8H,2-3,5-6H2,1H3,(H,18,20)(H,19,22)/t15-/m1/s1. The first-order chi connectivity index (χ1) is 11.5. The van der Waals surface area contributed by atoms with Crippen LogP contribution >= 0.6 is 31.9 Å². The predicted octanol–water partition coefficient (Wildman–Crippen LogP) is 2.52. The van der Waals surface area contributed by atoms with Crippen LogP contribution in [0.2, 0.25) is 0 Å². The molecule has 2 heterocycles. The van der Waals surface area contributed by atoms with Gasteiger partial charge in [0, 0.05) is 42.2 Å². The lowest BCUT2D eigenvalue weighted by Crippen LogP contribution is -2.36. The Morgan fingerprint density at radius 1 is 1.50 bits per heavy atom. The summed E-state index contributed by atoms with van der Waals surface area (Å²) in [7, 11) is 1.61. The second-order valence-electron chi connectivity index (χ2n) is 5.56. The minimum absolute atomic E-state index is 0.214. The van der Waals surface area contributed by atoms with Crippen molar-refractivity contribution < 1.29 is 14.4 Å². The van der Waals surface area contributed by atoms with E-state index in [2.05, 4.69) is 52.3 Å². The number of carbonyl (C=O) groups is 1. The molecular formula is C15H16Br2N4O3. The minimum Gasteiger partial charge on any atom is -0.495 e. The lowest BCUT2D eigenvalue weighted by molar-refractivity contribution is -0.114. The number of nitrogens with zero attached hydrogens (tertiary/aromatic N) is 2. The fourth-order valence-corrected chi connectivity index (χ4v) is 4.58. The van der Waals surface area contributed by atoms with Gasteiger partial charge >= 0.3 is 0 Å². The molecule has 1 aromatic rings. The number of methoxy groups -OCH3 is 1. The van der Waals surface area contributed by atoms with Crippen molar-refractivity contribution >= 4 is 43.5 Å². The lowest BCUT2D eigenvalue weighted by Gasteiger charge is -2.28. The fraction of sp³-hybridized carbons (Fsp3) is 0.400. The number of allylic oxidation sites excluding steroid dienone is 1. The molecule has 0 saturated heterocycles. The van der Waals surface area contributed by atoms with Crippen molar-refractivity contribution in [2.24, 2.45) is 5.16 Å². The molecule has 0 saturated carbocycles. The van der Waals surface area contributed by atoms with Crippen molar-refractivity contribution in [3.8, 4) is 0 Å². The number of imidazole rings is 1. The molecule has 1 aliphatic heterocycles. The Labute approximate surface area is 155 Å². The number of aromatic nitrogens is 2. The Hall–Kier alpha value is -1.61. The monoisotopic (exact) mass is 458 g/mol. The number of aromatic amines is 1. The van der Waals surface area contributed by atoms with Crippen LogP contribution in [0.3, 0.4) is 0 Å². The third-order valence-electron chi connectivity index (χ3n) is 3.81. The first kappa shape index (κ1) is 17.2. The molecular weight excluding hydrogens is 444 g/mol. The average Bonchev–Trinajstić information content (AvgIpc) is 3.17. The second kappa shape index (κ2) is 7.10. The minimum atomic E-state index is -0.657. The topological polar surface area (TPSA) is 88.6 Å². The van der Waals surface area contributed by atoms with Crippen molar-refractivity contribution in [1.29, 1.82) is 0 Å². The van der Waals surface area contributed by atoms with E-state index < -0.39 is 5.60 Å². The number of H-pyrrole nitrogens is 1. The molecule has 3 rings (SSSR count). The molecule has 1 amide bonds. The highest BCUT2D eigenvalue weighted by Crippen LogP contribution is 2.43. The van der Waals surface area contributed by atoms with Crippen molar-refractivity contribution in [1.82, 2.24) is 15.3 Å². The number of ether oxygens (including phenoxy) is 1. The molecule has 2 N–H and O–H groups in total. The van der Waals surface area contributed by atoms with Crippen LogP contribution < -0.4 is 5.32 Å². The summed E-state index contributed by atoms with van der Waals surface area (Å²) in [5.74, 6) is 0.509. The van der Waals surface area contributed by atoms with Gasteiger partial charge in [-0.1, -0.05) is 21.1 Å². The molecule has 1 aliphatic carbocycles. The Morgan fingerprint density at radius 2 is 2.33 bits per heavy atom. The van der Waals surface area contributed by atoms with E-state index in [9.17, 15) is 4.79 Å². The summed E-state index contributed by atoms with van der Waals surface area (Å²) in [5, 5.41) is 6.83. The second-order valence-corrected chi connectivity index (χ2v) is 7.37. The molecule has 0 unspecified atom stereocenters. The highest BCUT2D eigenvalue weighted by molar-refractivity contribution is 9.12. The van der Waals surface area contributed by atoms with Gasteiger partial charge in [0.05, 0.1) is 17.9 Å². The molecule has 0 radical (unpaired) electrons. The first-order valence-electron chi connectivity index (χ1n) is 7.35. The van der Waals surface area contributed by atoms with E-state index in [-0.39, 0.29) is 5.91 Å². The summed E-state index contributed by atoms with van der Waals surface area (Å²) in [4.78, 5) is 24.8. The SMILES string of the molecule is COC1=C(Br)C[C@]2(C=C1Br)CC(C(=O)NCCc1cnc[nH]1)=NO2. The Bertz CT molecular complexity index is 727. The Morgan fingerprint density at radius 3 is 3.00 bits per heavy atom. The van der Waals surface area contributed by atoms with Crippen LogP contribution in [0.1, 0.15) is 18.5 Å². The smallest absolute Gasteiger partial charge is 0.269 e. The maximum Gasteiger partial charge on any atom is 0.269 e. The fourth-order valence-electron chi connectivity index (χ4n) is 2.65. The molecule has 0 aromatic carbocycles. The summed E-state index contributed by atoms with van der Waals surface area (Å²) in [6, 6.07) is 0. The number of rotatable bonds is 5. The van der Waals surface area contributed by atoms with Gasteiger partial charge in [-0.05, 0) is 22.0 Å². The number of nitrogens with one attached hydrogen (secondary N) is 2. The zero-order valence-electron chi connectivity index (χ0n) is 12.9. The molecule has 9 heteroatoms.